The maximum Gasteiger partial charge on any atom is 0.323 e. The van der Waals surface area contributed by atoms with E-state index in [4.69, 9.17) is 4.74 Å². The molecule has 0 unspecified atom stereocenters. The van der Waals surface area contributed by atoms with E-state index in [0.717, 1.165) is 68.9 Å². The molecule has 3 amide bonds. The normalized spacial score (nSPS) is 15.4. The van der Waals surface area contributed by atoms with Crippen LogP contribution in [-0.4, -0.2) is 62.8 Å². The lowest BCUT2D eigenvalue weighted by molar-refractivity contribution is 0.0374. The number of hydrogen-bond donors (Lipinski definition) is 3. The molecular formula is C30H34BrN5O3. The minimum atomic E-state index is -0.376. The molecule has 2 heterocycles. The third kappa shape index (κ3) is 7.17. The van der Waals surface area contributed by atoms with Crippen molar-refractivity contribution < 1.29 is 14.3 Å². The Morgan fingerprint density at radius 2 is 1.67 bits per heavy atom. The Bertz CT molecular complexity index is 1310. The fourth-order valence-electron chi connectivity index (χ4n) is 5.04. The highest BCUT2D eigenvalue weighted by molar-refractivity contribution is 9.10. The number of ether oxygens (including phenoxy) is 1. The Morgan fingerprint density at radius 3 is 2.49 bits per heavy atom. The first kappa shape index (κ1) is 27.2. The second-order valence-electron chi connectivity index (χ2n) is 9.79. The molecule has 39 heavy (non-hydrogen) atoms. The maximum atomic E-state index is 13.5. The van der Waals surface area contributed by atoms with Crippen molar-refractivity contribution in [2.24, 2.45) is 0 Å². The highest BCUT2D eigenvalue weighted by Gasteiger charge is 2.22. The fourth-order valence-corrected chi connectivity index (χ4v) is 5.43. The van der Waals surface area contributed by atoms with Gasteiger partial charge >= 0.3 is 6.03 Å². The summed E-state index contributed by atoms with van der Waals surface area (Å²) in [5.41, 5.74) is 5.27. The number of carbonyl (C=O) groups is 2. The van der Waals surface area contributed by atoms with Crippen LogP contribution in [-0.2, 0) is 17.7 Å². The molecule has 9 heteroatoms. The Morgan fingerprint density at radius 1 is 0.897 bits per heavy atom. The van der Waals surface area contributed by atoms with E-state index < -0.39 is 0 Å². The largest absolute Gasteiger partial charge is 0.379 e. The summed E-state index contributed by atoms with van der Waals surface area (Å²) in [5.74, 6) is -0.138. The molecule has 0 atom stereocenters. The lowest BCUT2D eigenvalue weighted by Gasteiger charge is -2.32. The number of halogens is 1. The number of fused-ring (bicyclic) bond motifs is 1. The van der Waals surface area contributed by atoms with E-state index in [1.807, 2.05) is 36.4 Å². The van der Waals surface area contributed by atoms with Gasteiger partial charge in [0.2, 0.25) is 0 Å². The molecule has 0 aromatic heterocycles. The summed E-state index contributed by atoms with van der Waals surface area (Å²) >= 11 is 3.45. The first-order valence-electron chi connectivity index (χ1n) is 13.4. The average molecular weight is 593 g/mol. The third-order valence-electron chi connectivity index (χ3n) is 7.13. The molecule has 1 saturated heterocycles. The van der Waals surface area contributed by atoms with E-state index in [2.05, 4.69) is 65.9 Å². The number of morpholine rings is 1. The number of rotatable bonds is 8. The topological polar surface area (TPSA) is 85.9 Å². The molecule has 2 aliphatic rings. The van der Waals surface area contributed by atoms with Crippen molar-refractivity contribution >= 4 is 44.9 Å². The molecule has 0 saturated carbocycles. The number of carbonyl (C=O) groups excluding carboxylic acids is 2. The Balaban J connectivity index is 1.30. The summed E-state index contributed by atoms with van der Waals surface area (Å²) in [6.45, 7) is 6.47. The van der Waals surface area contributed by atoms with E-state index in [9.17, 15) is 9.59 Å². The van der Waals surface area contributed by atoms with Crippen molar-refractivity contribution in [1.82, 2.24) is 10.2 Å². The fraction of sp³-hybridized carbons (Fsp3) is 0.333. The highest BCUT2D eigenvalue weighted by Crippen LogP contribution is 2.30. The average Bonchev–Trinajstić information content (AvgIpc) is 2.96. The van der Waals surface area contributed by atoms with Crippen LogP contribution < -0.4 is 20.9 Å². The van der Waals surface area contributed by atoms with Gasteiger partial charge < -0.3 is 25.6 Å². The Kier molecular flexibility index (Phi) is 9.13. The standard InChI is InChI=1S/C30H34BrN5O3/c31-26-8-3-4-9-27(26)34-30(38)33-24-10-11-28(36-15-12-22-6-1-2-7-23(22)21-36)25(20-24)29(37)32-13-5-14-35-16-18-39-19-17-35/h1-4,6-11,20H,5,12-19,21H2,(H,32,37)(H2,33,34,38). The van der Waals surface area contributed by atoms with Crippen LogP contribution >= 0.6 is 15.9 Å². The Labute approximate surface area is 237 Å². The SMILES string of the molecule is O=C(Nc1ccc(N2CCc3ccccc3C2)c(C(=O)NCCCN2CCOCC2)c1)Nc1ccccc1Br. The van der Waals surface area contributed by atoms with Gasteiger partial charge in [-0.05, 0) is 76.8 Å². The van der Waals surface area contributed by atoms with Crippen LogP contribution in [0.3, 0.4) is 0 Å². The lowest BCUT2D eigenvalue weighted by Crippen LogP contribution is -2.38. The summed E-state index contributed by atoms with van der Waals surface area (Å²) < 4.78 is 6.21. The van der Waals surface area contributed by atoms with E-state index in [1.54, 1.807) is 6.07 Å². The van der Waals surface area contributed by atoms with Crippen molar-refractivity contribution in [2.45, 2.75) is 19.4 Å². The molecule has 3 N–H and O–H groups in total. The molecule has 2 aliphatic heterocycles. The highest BCUT2D eigenvalue weighted by atomic mass is 79.9. The minimum Gasteiger partial charge on any atom is -0.379 e. The summed E-state index contributed by atoms with van der Waals surface area (Å²) in [5, 5.41) is 8.84. The number of para-hydroxylation sites is 1. The van der Waals surface area contributed by atoms with Crippen LogP contribution in [0, 0.1) is 0 Å². The zero-order valence-electron chi connectivity index (χ0n) is 21.9. The van der Waals surface area contributed by atoms with E-state index in [-0.39, 0.29) is 11.9 Å². The summed E-state index contributed by atoms with van der Waals surface area (Å²) in [6, 6.07) is 21.1. The first-order valence-corrected chi connectivity index (χ1v) is 14.2. The summed E-state index contributed by atoms with van der Waals surface area (Å²) in [7, 11) is 0. The number of amides is 3. The molecule has 0 spiro atoms. The quantitative estimate of drug-likeness (QED) is 0.317. The van der Waals surface area contributed by atoms with Gasteiger partial charge in [0.05, 0.1) is 24.5 Å². The number of benzene rings is 3. The second-order valence-corrected chi connectivity index (χ2v) is 10.6. The number of urea groups is 1. The molecule has 204 valence electrons. The van der Waals surface area contributed by atoms with Gasteiger partial charge in [0.25, 0.3) is 5.91 Å². The summed E-state index contributed by atoms with van der Waals surface area (Å²) in [4.78, 5) is 30.8. The molecule has 0 aliphatic carbocycles. The second kappa shape index (κ2) is 13.1. The van der Waals surface area contributed by atoms with Crippen molar-refractivity contribution in [3.63, 3.8) is 0 Å². The molecule has 0 bridgehead atoms. The lowest BCUT2D eigenvalue weighted by atomic mass is 9.98. The van der Waals surface area contributed by atoms with Gasteiger partial charge in [0, 0.05) is 48.6 Å². The van der Waals surface area contributed by atoms with Crippen LogP contribution in [0.2, 0.25) is 0 Å². The Hall–Kier alpha value is -3.40. The monoisotopic (exact) mass is 591 g/mol. The van der Waals surface area contributed by atoms with Gasteiger partial charge in [-0.25, -0.2) is 4.79 Å². The molecule has 1 fully saturated rings. The molecule has 3 aromatic rings. The van der Waals surface area contributed by atoms with Gasteiger partial charge in [-0.3, -0.25) is 9.69 Å². The number of hydrogen-bond acceptors (Lipinski definition) is 5. The third-order valence-corrected chi connectivity index (χ3v) is 7.82. The number of nitrogens with one attached hydrogen (secondary N) is 3. The van der Waals surface area contributed by atoms with Crippen molar-refractivity contribution in [3.05, 3.63) is 87.9 Å². The zero-order valence-corrected chi connectivity index (χ0v) is 23.5. The molecule has 0 radical (unpaired) electrons. The smallest absolute Gasteiger partial charge is 0.323 e. The van der Waals surface area contributed by atoms with E-state index in [1.165, 1.54) is 11.1 Å². The van der Waals surface area contributed by atoms with Crippen LogP contribution in [0.5, 0.6) is 0 Å². The van der Waals surface area contributed by atoms with Crippen LogP contribution in [0.4, 0.5) is 21.9 Å². The molecular weight excluding hydrogens is 558 g/mol. The van der Waals surface area contributed by atoms with E-state index in [0.29, 0.717) is 23.5 Å². The van der Waals surface area contributed by atoms with Gasteiger partial charge in [-0.1, -0.05) is 36.4 Å². The maximum absolute atomic E-state index is 13.5. The molecule has 8 nitrogen and oxygen atoms in total. The first-order chi connectivity index (χ1) is 19.1. The van der Waals surface area contributed by atoms with Crippen molar-refractivity contribution in [1.29, 1.82) is 0 Å². The summed E-state index contributed by atoms with van der Waals surface area (Å²) in [6.07, 6.45) is 1.79. The molecule has 5 rings (SSSR count). The van der Waals surface area contributed by atoms with E-state index >= 15 is 0 Å². The zero-order chi connectivity index (χ0) is 27.0. The van der Waals surface area contributed by atoms with Crippen molar-refractivity contribution in [3.8, 4) is 0 Å². The van der Waals surface area contributed by atoms with Gasteiger partial charge in [0.1, 0.15) is 0 Å². The van der Waals surface area contributed by atoms with Gasteiger partial charge in [-0.2, -0.15) is 0 Å². The predicted molar refractivity (Wildman–Crippen MR) is 159 cm³/mol. The van der Waals surface area contributed by atoms with Crippen LogP contribution in [0.1, 0.15) is 27.9 Å². The van der Waals surface area contributed by atoms with Gasteiger partial charge in [-0.15, -0.1) is 0 Å². The van der Waals surface area contributed by atoms with Gasteiger partial charge in [0.15, 0.2) is 0 Å². The predicted octanol–water partition coefficient (Wildman–Crippen LogP) is 5.11. The minimum absolute atomic E-state index is 0.138. The number of nitrogens with zero attached hydrogens (tertiary/aromatic N) is 2. The van der Waals surface area contributed by atoms with Crippen molar-refractivity contribution in [2.75, 3.05) is 61.5 Å². The molecule has 3 aromatic carbocycles. The van der Waals surface area contributed by atoms with Crippen LogP contribution in [0.25, 0.3) is 0 Å². The number of anilines is 3. The van der Waals surface area contributed by atoms with Crippen LogP contribution in [0.15, 0.2) is 71.2 Å².